The maximum Gasteiger partial charge on any atom is 0.313 e. The van der Waals surface area contributed by atoms with E-state index in [1.165, 1.54) is 0 Å². The summed E-state index contributed by atoms with van der Waals surface area (Å²) in [5, 5.41) is 11.6. The molecule has 0 aromatic heterocycles. The molecule has 0 unspecified atom stereocenters. The molecule has 7 heteroatoms. The summed E-state index contributed by atoms with van der Waals surface area (Å²) in [6.07, 6.45) is 0.523. The van der Waals surface area contributed by atoms with E-state index >= 15 is 0 Å². The molecular weight excluding hydrogens is 346 g/mol. The van der Waals surface area contributed by atoms with Crippen LogP contribution in [0.25, 0.3) is 0 Å². The van der Waals surface area contributed by atoms with E-state index in [1.54, 1.807) is 38.1 Å². The average Bonchev–Trinajstić information content (AvgIpc) is 2.54. The average molecular weight is 366 g/mol. The molecule has 0 N–H and O–H groups in total. The van der Waals surface area contributed by atoms with E-state index in [9.17, 15) is 19.7 Å². The van der Waals surface area contributed by atoms with Crippen LogP contribution in [-0.4, -0.2) is 29.8 Å². The summed E-state index contributed by atoms with van der Waals surface area (Å²) >= 11 is 6.22. The maximum atomic E-state index is 12.6. The molecule has 0 saturated heterocycles. The fourth-order valence-electron chi connectivity index (χ4n) is 3.29. The normalized spacial score (nSPS) is 18.8. The Morgan fingerprint density at radius 3 is 2.72 bits per heavy atom. The molecule has 0 aliphatic heterocycles. The highest BCUT2D eigenvalue weighted by molar-refractivity contribution is 6.31. The lowest BCUT2D eigenvalue weighted by Gasteiger charge is -2.28. The Morgan fingerprint density at radius 2 is 2.12 bits per heavy atom. The molecule has 1 aromatic carbocycles. The summed E-state index contributed by atoms with van der Waals surface area (Å²) in [4.78, 5) is 35.5. The van der Waals surface area contributed by atoms with Crippen LogP contribution in [0.3, 0.4) is 0 Å². The number of Topliss-reactive ketones (excluding diaryl/α,β-unsaturated/α-hetero) is 1. The van der Waals surface area contributed by atoms with Gasteiger partial charge in [0, 0.05) is 21.9 Å². The van der Waals surface area contributed by atoms with Gasteiger partial charge in [-0.3, -0.25) is 19.7 Å². The van der Waals surface area contributed by atoms with Gasteiger partial charge < -0.3 is 4.74 Å². The number of halogens is 1. The van der Waals surface area contributed by atoms with E-state index in [0.717, 1.165) is 0 Å². The molecule has 2 atom stereocenters. The summed E-state index contributed by atoms with van der Waals surface area (Å²) < 4.78 is 5.08. The minimum atomic E-state index is -0.784. The van der Waals surface area contributed by atoms with Crippen molar-refractivity contribution in [1.82, 2.24) is 0 Å². The molecule has 0 fully saturated rings. The Hall–Kier alpha value is -2.21. The molecule has 1 aliphatic carbocycles. The van der Waals surface area contributed by atoms with Crippen LogP contribution in [0.15, 0.2) is 35.4 Å². The minimum absolute atomic E-state index is 0.162. The number of carbonyl (C=O) groups is 2. The standard InChI is InChI=1S/C18H20ClNO5/c1-3-25-18(22)12-8-9-16(21)17(11(12)2)14(10-20(23)24)13-6-4-5-7-15(13)19/h4-7,12,14H,3,8-10H2,1-2H3/t12-,14-/m0/s1. The van der Waals surface area contributed by atoms with Crippen LogP contribution in [0.5, 0.6) is 0 Å². The van der Waals surface area contributed by atoms with Gasteiger partial charge in [0.15, 0.2) is 5.78 Å². The van der Waals surface area contributed by atoms with Crippen LogP contribution in [0.2, 0.25) is 5.02 Å². The zero-order valence-electron chi connectivity index (χ0n) is 14.2. The number of nitro groups is 1. The van der Waals surface area contributed by atoms with E-state index in [4.69, 9.17) is 16.3 Å². The van der Waals surface area contributed by atoms with Crippen LogP contribution >= 0.6 is 11.6 Å². The van der Waals surface area contributed by atoms with E-state index in [2.05, 4.69) is 0 Å². The highest BCUT2D eigenvalue weighted by atomic mass is 35.5. The molecule has 0 amide bonds. The summed E-state index contributed by atoms with van der Waals surface area (Å²) in [6, 6.07) is 6.76. The van der Waals surface area contributed by atoms with Gasteiger partial charge in [0.2, 0.25) is 6.54 Å². The van der Waals surface area contributed by atoms with Gasteiger partial charge in [0.25, 0.3) is 0 Å². The number of hydrogen-bond acceptors (Lipinski definition) is 5. The monoisotopic (exact) mass is 365 g/mol. The van der Waals surface area contributed by atoms with Gasteiger partial charge in [-0.05, 0) is 31.9 Å². The zero-order chi connectivity index (χ0) is 18.6. The molecule has 0 saturated carbocycles. The Balaban J connectivity index is 2.54. The first-order valence-corrected chi connectivity index (χ1v) is 8.51. The predicted octanol–water partition coefficient (Wildman–Crippen LogP) is 3.56. The molecule has 0 radical (unpaired) electrons. The van der Waals surface area contributed by atoms with Gasteiger partial charge in [-0.2, -0.15) is 0 Å². The Kier molecular flexibility index (Phi) is 6.31. The lowest BCUT2D eigenvalue weighted by molar-refractivity contribution is -0.481. The van der Waals surface area contributed by atoms with E-state index in [-0.39, 0.29) is 18.8 Å². The highest BCUT2D eigenvalue weighted by Crippen LogP contribution is 2.39. The Bertz CT molecular complexity index is 728. The van der Waals surface area contributed by atoms with Crippen molar-refractivity contribution in [2.75, 3.05) is 13.2 Å². The van der Waals surface area contributed by atoms with Crippen LogP contribution < -0.4 is 0 Å². The molecule has 0 spiro atoms. The summed E-state index contributed by atoms with van der Waals surface area (Å²) in [7, 11) is 0. The fourth-order valence-corrected chi connectivity index (χ4v) is 3.56. The van der Waals surface area contributed by atoms with Crippen molar-refractivity contribution in [2.45, 2.75) is 32.6 Å². The molecule has 2 rings (SSSR count). The summed E-state index contributed by atoms with van der Waals surface area (Å²) in [5.74, 6) is -1.91. The molecule has 25 heavy (non-hydrogen) atoms. The van der Waals surface area contributed by atoms with Crippen molar-refractivity contribution in [1.29, 1.82) is 0 Å². The van der Waals surface area contributed by atoms with E-state index < -0.39 is 29.3 Å². The summed E-state index contributed by atoms with van der Waals surface area (Å²) in [6.45, 7) is 3.18. The topological polar surface area (TPSA) is 86.5 Å². The lowest BCUT2D eigenvalue weighted by atomic mass is 9.75. The number of benzene rings is 1. The number of nitrogens with zero attached hydrogens (tertiary/aromatic N) is 1. The number of ketones is 1. The van der Waals surface area contributed by atoms with Crippen LogP contribution in [0.4, 0.5) is 0 Å². The second kappa shape index (κ2) is 8.25. The Labute approximate surface area is 151 Å². The molecule has 134 valence electrons. The zero-order valence-corrected chi connectivity index (χ0v) is 14.9. The summed E-state index contributed by atoms with van der Waals surface area (Å²) in [5.41, 5.74) is 1.38. The number of esters is 1. The number of ether oxygens (including phenoxy) is 1. The third-order valence-electron chi connectivity index (χ3n) is 4.44. The van der Waals surface area contributed by atoms with Crippen LogP contribution in [-0.2, 0) is 14.3 Å². The van der Waals surface area contributed by atoms with E-state index in [1.807, 2.05) is 0 Å². The first kappa shape index (κ1) is 19.1. The second-order valence-electron chi connectivity index (χ2n) is 5.95. The second-order valence-corrected chi connectivity index (χ2v) is 6.36. The van der Waals surface area contributed by atoms with Gasteiger partial charge in [-0.25, -0.2) is 0 Å². The van der Waals surface area contributed by atoms with E-state index in [0.29, 0.717) is 28.2 Å². The quantitative estimate of drug-likeness (QED) is 0.437. The third kappa shape index (κ3) is 4.25. The van der Waals surface area contributed by atoms with Gasteiger partial charge in [-0.15, -0.1) is 0 Å². The number of hydrogen-bond donors (Lipinski definition) is 0. The first-order chi connectivity index (χ1) is 11.9. The van der Waals surface area contributed by atoms with Crippen molar-refractivity contribution in [3.8, 4) is 0 Å². The number of rotatable bonds is 6. The van der Waals surface area contributed by atoms with Gasteiger partial charge >= 0.3 is 5.97 Å². The smallest absolute Gasteiger partial charge is 0.313 e. The van der Waals surface area contributed by atoms with Crippen molar-refractivity contribution >= 4 is 23.4 Å². The third-order valence-corrected chi connectivity index (χ3v) is 4.78. The molecule has 1 aromatic rings. The SMILES string of the molecule is CCOC(=O)[C@H]1CCC(=O)C([C@@H](C[N+](=O)[O-])c2ccccc2Cl)=C1C. The minimum Gasteiger partial charge on any atom is -0.466 e. The first-order valence-electron chi connectivity index (χ1n) is 8.13. The molecule has 0 heterocycles. The molecule has 0 bridgehead atoms. The predicted molar refractivity (Wildman–Crippen MR) is 93.1 cm³/mol. The maximum absolute atomic E-state index is 12.6. The van der Waals surface area contributed by atoms with Crippen LogP contribution in [0.1, 0.15) is 38.2 Å². The highest BCUT2D eigenvalue weighted by Gasteiger charge is 2.37. The van der Waals surface area contributed by atoms with Gasteiger partial charge in [0.05, 0.1) is 18.4 Å². The van der Waals surface area contributed by atoms with Crippen molar-refractivity contribution in [2.24, 2.45) is 5.92 Å². The lowest BCUT2D eigenvalue weighted by Crippen LogP contribution is -2.30. The van der Waals surface area contributed by atoms with Crippen molar-refractivity contribution in [3.05, 3.63) is 56.1 Å². The van der Waals surface area contributed by atoms with Crippen molar-refractivity contribution in [3.63, 3.8) is 0 Å². The molecule has 1 aliphatic rings. The van der Waals surface area contributed by atoms with Crippen molar-refractivity contribution < 1.29 is 19.2 Å². The molecular formula is C18H20ClNO5. The Morgan fingerprint density at radius 1 is 1.44 bits per heavy atom. The van der Waals surface area contributed by atoms with Crippen LogP contribution in [0, 0.1) is 16.0 Å². The fraction of sp³-hybridized carbons (Fsp3) is 0.444. The molecule has 6 nitrogen and oxygen atoms in total. The largest absolute Gasteiger partial charge is 0.466 e. The van der Waals surface area contributed by atoms with Gasteiger partial charge in [-0.1, -0.05) is 35.4 Å². The van der Waals surface area contributed by atoms with Gasteiger partial charge in [0.1, 0.15) is 0 Å². The number of carbonyl (C=O) groups excluding carboxylic acids is 2.